The summed E-state index contributed by atoms with van der Waals surface area (Å²) < 4.78 is 2.54. The van der Waals surface area contributed by atoms with Crippen molar-refractivity contribution in [1.29, 1.82) is 0 Å². The Morgan fingerprint density at radius 1 is 0.846 bits per heavy atom. The fourth-order valence-corrected chi connectivity index (χ4v) is 7.40. The molecule has 2 aliphatic carbocycles. The van der Waals surface area contributed by atoms with Crippen molar-refractivity contribution in [2.24, 2.45) is 5.92 Å². The van der Waals surface area contributed by atoms with Gasteiger partial charge in [0.25, 0.3) is 0 Å². The van der Waals surface area contributed by atoms with Gasteiger partial charge in [0.2, 0.25) is 0 Å². The molecule has 0 spiro atoms. The molecule has 0 saturated heterocycles. The molecule has 1 aromatic heterocycles. The van der Waals surface area contributed by atoms with Gasteiger partial charge in [-0.15, -0.1) is 0 Å². The molecule has 2 nitrogen and oxygen atoms in total. The minimum Gasteiger partial charge on any atom is -0.310 e. The molecule has 2 atom stereocenters. The van der Waals surface area contributed by atoms with E-state index in [1.807, 2.05) is 0 Å². The first kappa shape index (κ1) is 22.8. The highest BCUT2D eigenvalue weighted by atomic mass is 15.0. The number of rotatable bonds is 2. The van der Waals surface area contributed by atoms with Gasteiger partial charge in [-0.25, -0.2) is 0 Å². The molecule has 2 heterocycles. The number of quaternary nitrogens is 1. The first-order valence-corrected chi connectivity index (χ1v) is 14.2. The van der Waals surface area contributed by atoms with Crippen molar-refractivity contribution in [3.05, 3.63) is 126 Å². The number of para-hydroxylation sites is 1. The molecule has 3 aliphatic rings. The lowest BCUT2D eigenvalue weighted by atomic mass is 9.79. The number of nitrogens with two attached hydrogens (primary N) is 1. The van der Waals surface area contributed by atoms with Crippen molar-refractivity contribution in [3.63, 3.8) is 0 Å². The molecule has 5 aromatic rings. The monoisotopic (exact) mass is 505 g/mol. The van der Waals surface area contributed by atoms with E-state index in [2.05, 4.69) is 140 Å². The second-order valence-corrected chi connectivity index (χ2v) is 12.0. The van der Waals surface area contributed by atoms with E-state index < -0.39 is 0 Å². The summed E-state index contributed by atoms with van der Waals surface area (Å²) in [4.78, 5) is 0. The van der Waals surface area contributed by atoms with Crippen molar-refractivity contribution < 1.29 is 5.32 Å². The molecule has 4 aromatic carbocycles. The standard InChI is InChI=1S/C37H32N2/c1-23-16-18-24(19-17-23)31-22-25(20-21-38-31)39-32-15-9-7-13-29(32)34-33-28-12-6-8-14-30(28)37(2,3)35(33)26-10-4-5-11-27(26)36(34)39/h4-16,18-23,31,38H,17H2,1-3H3/p+1. The van der Waals surface area contributed by atoms with Gasteiger partial charge in [-0.3, -0.25) is 0 Å². The Morgan fingerprint density at radius 3 is 2.41 bits per heavy atom. The van der Waals surface area contributed by atoms with Gasteiger partial charge >= 0.3 is 0 Å². The number of aromatic nitrogens is 1. The summed E-state index contributed by atoms with van der Waals surface area (Å²) in [5.41, 5.74) is 10.8. The molecule has 0 saturated carbocycles. The fraction of sp³-hybridized carbons (Fsp3) is 0.189. The summed E-state index contributed by atoms with van der Waals surface area (Å²) >= 11 is 0. The Kier molecular flexibility index (Phi) is 4.78. The van der Waals surface area contributed by atoms with Crippen LogP contribution < -0.4 is 5.32 Å². The molecule has 0 radical (unpaired) electrons. The summed E-state index contributed by atoms with van der Waals surface area (Å²) in [7, 11) is 0. The minimum atomic E-state index is -0.0656. The number of hydrogen-bond acceptors (Lipinski definition) is 0. The first-order chi connectivity index (χ1) is 19.0. The van der Waals surface area contributed by atoms with Crippen molar-refractivity contribution in [2.75, 3.05) is 0 Å². The molecule has 0 fully saturated rings. The van der Waals surface area contributed by atoms with Gasteiger partial charge in [-0.05, 0) is 46.0 Å². The Balaban J connectivity index is 1.51. The third kappa shape index (κ3) is 3.13. The second-order valence-electron chi connectivity index (χ2n) is 12.0. The summed E-state index contributed by atoms with van der Waals surface area (Å²) in [6.07, 6.45) is 15.2. The van der Waals surface area contributed by atoms with E-state index in [0.717, 1.165) is 6.42 Å². The minimum absolute atomic E-state index is 0.0656. The lowest BCUT2D eigenvalue weighted by molar-refractivity contribution is -0.606. The van der Waals surface area contributed by atoms with Crippen LogP contribution in [-0.2, 0) is 5.41 Å². The summed E-state index contributed by atoms with van der Waals surface area (Å²) in [5, 5.41) is 7.73. The first-order valence-electron chi connectivity index (χ1n) is 14.2. The summed E-state index contributed by atoms with van der Waals surface area (Å²) in [5.74, 6) is 0.620. The van der Waals surface area contributed by atoms with Crippen LogP contribution in [0.25, 0.3) is 49.4 Å². The van der Waals surface area contributed by atoms with Crippen LogP contribution in [0.4, 0.5) is 0 Å². The second kappa shape index (κ2) is 8.18. The molecule has 8 rings (SSSR count). The molecule has 39 heavy (non-hydrogen) atoms. The van der Waals surface area contributed by atoms with Gasteiger partial charge in [0.05, 0.1) is 22.9 Å². The van der Waals surface area contributed by atoms with Gasteiger partial charge in [-0.1, -0.05) is 106 Å². The molecule has 1 aliphatic heterocycles. The largest absolute Gasteiger partial charge is 0.310 e. The number of fused-ring (bicyclic) bond motifs is 10. The van der Waals surface area contributed by atoms with Crippen LogP contribution in [0.5, 0.6) is 0 Å². The SMILES string of the molecule is CC1C=CC(C2C=C(n3c4ccccc4c4c5c(c6ccccc6c43)C(C)(C)c3ccccc3-5)C=C[NH2+]2)=CC1. The van der Waals surface area contributed by atoms with Crippen LogP contribution in [0.2, 0.25) is 0 Å². The van der Waals surface area contributed by atoms with Crippen LogP contribution in [0.15, 0.2) is 115 Å². The fourth-order valence-electron chi connectivity index (χ4n) is 7.40. The Hall–Kier alpha value is -4.14. The zero-order valence-electron chi connectivity index (χ0n) is 22.8. The Labute approximate surface area is 229 Å². The molecule has 2 N–H and O–H groups in total. The number of allylic oxidation sites excluding steroid dienone is 4. The quantitative estimate of drug-likeness (QED) is 0.250. The molecule has 0 amide bonds. The topological polar surface area (TPSA) is 21.5 Å². The van der Waals surface area contributed by atoms with E-state index >= 15 is 0 Å². The number of benzene rings is 4. The number of hydrogen-bond donors (Lipinski definition) is 1. The van der Waals surface area contributed by atoms with E-state index in [1.165, 1.54) is 66.1 Å². The lowest BCUT2D eigenvalue weighted by Crippen LogP contribution is -2.85. The number of nitrogens with zero attached hydrogens (tertiary/aromatic N) is 1. The van der Waals surface area contributed by atoms with Gasteiger partial charge in [-0.2, -0.15) is 0 Å². The van der Waals surface area contributed by atoms with Crippen molar-refractivity contribution in [3.8, 4) is 11.1 Å². The maximum absolute atomic E-state index is 2.54. The highest BCUT2D eigenvalue weighted by Crippen LogP contribution is 2.56. The Morgan fingerprint density at radius 2 is 1.59 bits per heavy atom. The van der Waals surface area contributed by atoms with Crippen LogP contribution in [-0.4, -0.2) is 10.6 Å². The van der Waals surface area contributed by atoms with Gasteiger partial charge in [0.1, 0.15) is 6.04 Å². The van der Waals surface area contributed by atoms with E-state index in [4.69, 9.17) is 0 Å². The van der Waals surface area contributed by atoms with E-state index in [9.17, 15) is 0 Å². The third-order valence-corrected chi connectivity index (χ3v) is 9.24. The maximum atomic E-state index is 2.54. The lowest BCUT2D eigenvalue weighted by Gasteiger charge is -2.24. The van der Waals surface area contributed by atoms with E-state index in [1.54, 1.807) is 0 Å². The van der Waals surface area contributed by atoms with Gasteiger partial charge in [0.15, 0.2) is 0 Å². The summed E-state index contributed by atoms with van der Waals surface area (Å²) in [6, 6.07) is 27.4. The molecule has 0 bridgehead atoms. The Bertz CT molecular complexity index is 1960. The molecular formula is C37H33N2+. The van der Waals surface area contributed by atoms with Gasteiger partial charge in [0, 0.05) is 39.3 Å². The molecule has 190 valence electrons. The van der Waals surface area contributed by atoms with Crippen LogP contribution in [0.1, 0.15) is 38.3 Å². The summed E-state index contributed by atoms with van der Waals surface area (Å²) in [6.45, 7) is 7.08. The molecule has 2 heteroatoms. The van der Waals surface area contributed by atoms with Crippen LogP contribution in [0, 0.1) is 5.92 Å². The predicted octanol–water partition coefficient (Wildman–Crippen LogP) is 8.08. The normalized spacial score (nSPS) is 21.3. The zero-order chi connectivity index (χ0) is 26.3. The maximum Gasteiger partial charge on any atom is 0.136 e. The van der Waals surface area contributed by atoms with Crippen LogP contribution in [0.3, 0.4) is 0 Å². The zero-order valence-corrected chi connectivity index (χ0v) is 22.8. The highest BCUT2D eigenvalue weighted by Gasteiger charge is 2.39. The average molecular weight is 506 g/mol. The molecular weight excluding hydrogens is 472 g/mol. The smallest absolute Gasteiger partial charge is 0.136 e. The van der Waals surface area contributed by atoms with Crippen molar-refractivity contribution >= 4 is 38.3 Å². The van der Waals surface area contributed by atoms with Crippen molar-refractivity contribution in [1.82, 2.24) is 4.57 Å². The van der Waals surface area contributed by atoms with Gasteiger partial charge < -0.3 is 9.88 Å². The third-order valence-electron chi connectivity index (χ3n) is 9.24. The predicted molar refractivity (Wildman–Crippen MR) is 165 cm³/mol. The van der Waals surface area contributed by atoms with E-state index in [0.29, 0.717) is 5.92 Å². The van der Waals surface area contributed by atoms with Crippen molar-refractivity contribution in [2.45, 2.75) is 38.6 Å². The highest BCUT2D eigenvalue weighted by molar-refractivity contribution is 6.27. The molecule has 2 unspecified atom stereocenters. The average Bonchev–Trinajstić information content (AvgIpc) is 3.44. The van der Waals surface area contributed by atoms with Crippen LogP contribution >= 0.6 is 0 Å². The van der Waals surface area contributed by atoms with E-state index in [-0.39, 0.29) is 11.5 Å².